The van der Waals surface area contributed by atoms with Gasteiger partial charge >= 0.3 is 38.1 Å². The van der Waals surface area contributed by atoms with E-state index in [0.29, 0.717) is 0 Å². The molecule has 0 aliphatic heterocycles. The quantitative estimate of drug-likeness (QED) is 0.403. The average Bonchev–Trinajstić information content (AvgIpc) is 1.41. The van der Waals surface area contributed by atoms with Crippen LogP contribution in [-0.2, 0) is 0 Å². The van der Waals surface area contributed by atoms with Crippen molar-refractivity contribution in [2.45, 2.75) is 0 Å². The first-order chi connectivity index (χ1) is 2.41. The van der Waals surface area contributed by atoms with E-state index in [4.69, 9.17) is 15.9 Å². The summed E-state index contributed by atoms with van der Waals surface area (Å²) < 4.78 is 0. The summed E-state index contributed by atoms with van der Waals surface area (Å²) in [4.78, 5) is 0. The van der Waals surface area contributed by atoms with Crippen LogP contribution in [0.15, 0.2) is 5.06 Å². The van der Waals surface area contributed by atoms with Crippen molar-refractivity contribution in [2.75, 3.05) is 0 Å². The Morgan fingerprint density at radius 3 is 2.60 bits per heavy atom. The van der Waals surface area contributed by atoms with Crippen LogP contribution in [-0.4, -0.2) is 11.6 Å². The number of nitrogens with zero attached hydrogens (tertiary/aromatic N) is 1. The van der Waals surface area contributed by atoms with Crippen LogP contribution in [0, 0.1) is 0 Å². The number of rotatable bonds is 1. The zero-order valence-corrected chi connectivity index (χ0v) is 3.83. The molecule has 0 atom stereocenters. The third-order valence-corrected chi connectivity index (χ3v) is 0.500. The Bertz CT molecular complexity index is 38.6. The summed E-state index contributed by atoms with van der Waals surface area (Å²) in [6.45, 7) is 0. The molecule has 0 saturated carbocycles. The molecule has 2 nitrogen and oxygen atoms in total. The predicted octanol–water partition coefficient (Wildman–Crippen LogP) is 1.07. The van der Waals surface area contributed by atoms with E-state index in [9.17, 15) is 0 Å². The summed E-state index contributed by atoms with van der Waals surface area (Å²) in [5, 5.41) is 10.1. The zero-order chi connectivity index (χ0) is 4.12. The third kappa shape index (κ3) is 4.30. The van der Waals surface area contributed by atoms with Gasteiger partial charge in [0.05, 0.1) is 0 Å². The summed E-state index contributed by atoms with van der Waals surface area (Å²) in [6.07, 6.45) is 1.11. The molecule has 0 spiro atoms. The molecule has 0 radical (unpaired) electrons. The van der Waals surface area contributed by atoms with Crippen molar-refractivity contribution in [3.63, 3.8) is 0 Å². The Morgan fingerprint density at radius 1 is 2.00 bits per heavy atom. The van der Waals surface area contributed by atoms with E-state index in [2.05, 4.69) is 5.06 Å². The van der Waals surface area contributed by atoms with Gasteiger partial charge in [-0.05, 0) is 0 Å². The molecule has 0 rings (SSSR count). The van der Waals surface area contributed by atoms with Gasteiger partial charge in [-0.3, -0.25) is 0 Å². The molecule has 28 valence electrons. The fourth-order valence-electron chi connectivity index (χ4n) is 0.0178. The molecule has 0 aromatic carbocycles. The molecule has 0 amide bonds. The predicted molar refractivity (Wildman–Crippen MR) is 23.4 cm³/mol. The standard InChI is InChI=1S/BClHNOS/c2-5-1-3-4/h4H. The van der Waals surface area contributed by atoms with Gasteiger partial charge in [-0.1, -0.05) is 0 Å². The molecule has 0 aliphatic carbocycles. The first-order valence-electron chi connectivity index (χ1n) is 0.848. The summed E-state index contributed by atoms with van der Waals surface area (Å²) in [5.41, 5.74) is 0. The molecule has 0 aliphatic rings. The molecule has 5 heavy (non-hydrogen) atoms. The molecule has 0 aromatic heterocycles. The Labute approximate surface area is 38.8 Å². The summed E-state index contributed by atoms with van der Waals surface area (Å²) in [6, 6.07) is 0. The van der Waals surface area contributed by atoms with E-state index >= 15 is 0 Å². The third-order valence-electron chi connectivity index (χ3n) is 0.0870. The van der Waals surface area contributed by atoms with Crippen molar-refractivity contribution in [2.24, 2.45) is 5.06 Å². The fourth-order valence-corrected chi connectivity index (χ4v) is 0.160. The van der Waals surface area contributed by atoms with Crippen molar-refractivity contribution < 1.29 is 5.21 Å². The fraction of sp³-hybridized carbons (Fsp3) is 0. The zero-order valence-electron chi connectivity index (χ0n) is 2.26. The minimum atomic E-state index is 0.832. The number of halogens is 1. The number of hydrogen-bond donors (Lipinski definition) is 1. The Hall–Kier alpha value is 0.305. The van der Waals surface area contributed by atoms with E-state index in [1.54, 1.807) is 0 Å². The Balaban J connectivity index is 2.62. The molecule has 0 bridgehead atoms. The Kier molecular flexibility index (Phi) is 4.57. The van der Waals surface area contributed by atoms with Gasteiger partial charge in [0, 0.05) is 0 Å². The van der Waals surface area contributed by atoms with E-state index < -0.39 is 0 Å². The van der Waals surface area contributed by atoms with Crippen LogP contribution in [0.25, 0.3) is 0 Å². The normalized spacial score (nSPS) is 8.20. The van der Waals surface area contributed by atoms with Gasteiger partial charge in [-0.15, -0.1) is 0 Å². The molecule has 0 saturated heterocycles. The van der Waals surface area contributed by atoms with Gasteiger partial charge in [0.15, 0.2) is 0 Å². The summed E-state index contributed by atoms with van der Waals surface area (Å²) >= 11 is 0. The van der Waals surface area contributed by atoms with E-state index in [0.717, 1.165) is 17.2 Å². The maximum absolute atomic E-state index is 7.53. The van der Waals surface area contributed by atoms with Gasteiger partial charge < -0.3 is 0 Å². The van der Waals surface area contributed by atoms with Crippen LogP contribution in [0.5, 0.6) is 0 Å². The summed E-state index contributed by atoms with van der Waals surface area (Å²) in [5.74, 6) is 0. The van der Waals surface area contributed by atoms with Crippen molar-refractivity contribution in [1.82, 2.24) is 0 Å². The molecule has 0 aromatic rings. The van der Waals surface area contributed by atoms with Crippen LogP contribution in [0.1, 0.15) is 0 Å². The van der Waals surface area contributed by atoms with E-state index in [1.165, 1.54) is 0 Å². The van der Waals surface area contributed by atoms with Gasteiger partial charge in [-0.25, -0.2) is 0 Å². The van der Waals surface area contributed by atoms with E-state index in [-0.39, 0.29) is 0 Å². The molecule has 5 heteroatoms. The molecular weight excluding hydrogens is 108 g/mol. The topological polar surface area (TPSA) is 32.6 Å². The second-order valence-electron chi connectivity index (χ2n) is 0.310. The molecule has 0 unspecified atom stereocenters. The van der Waals surface area contributed by atoms with Crippen molar-refractivity contribution in [3.8, 4) is 0 Å². The first-order valence-corrected chi connectivity index (χ1v) is 2.55. The number of hydrogen-bond acceptors (Lipinski definition) is 3. The van der Waals surface area contributed by atoms with Crippen LogP contribution in [0.4, 0.5) is 0 Å². The van der Waals surface area contributed by atoms with Crippen molar-refractivity contribution in [3.05, 3.63) is 0 Å². The molecule has 1 N–H and O–H groups in total. The van der Waals surface area contributed by atoms with Crippen LogP contribution >= 0.6 is 21.5 Å². The molecule has 0 fully saturated rings. The second-order valence-corrected chi connectivity index (χ2v) is 1.23. The van der Waals surface area contributed by atoms with Crippen LogP contribution in [0.3, 0.4) is 0 Å². The van der Waals surface area contributed by atoms with Gasteiger partial charge in [-0.2, -0.15) is 0 Å². The average molecular weight is 109 g/mol. The van der Waals surface area contributed by atoms with Crippen LogP contribution < -0.4 is 0 Å². The second kappa shape index (κ2) is 4.30. The van der Waals surface area contributed by atoms with Gasteiger partial charge in [0.25, 0.3) is 0 Å². The van der Waals surface area contributed by atoms with Crippen molar-refractivity contribution >= 4 is 27.9 Å². The minimum absolute atomic E-state index is 0.832. The van der Waals surface area contributed by atoms with Crippen molar-refractivity contribution in [1.29, 1.82) is 0 Å². The summed E-state index contributed by atoms with van der Waals surface area (Å²) in [7, 11) is 5.74. The molecular formula is HBClNOS. The van der Waals surface area contributed by atoms with Gasteiger partial charge in [0.1, 0.15) is 0 Å². The molecule has 0 heterocycles. The van der Waals surface area contributed by atoms with E-state index in [1.807, 2.05) is 0 Å². The van der Waals surface area contributed by atoms with Gasteiger partial charge in [0.2, 0.25) is 0 Å². The SMILES string of the molecule is ON=BSCl. The van der Waals surface area contributed by atoms with Crippen LogP contribution in [0.2, 0.25) is 0 Å². The maximum atomic E-state index is 7.53. The first kappa shape index (κ1) is 5.30. The monoisotopic (exact) mass is 109 g/mol. The Morgan fingerprint density at radius 2 is 2.60 bits per heavy atom.